The molecule has 0 bridgehead atoms. The number of hydrogen-bond acceptors (Lipinski definition) is 8. The van der Waals surface area contributed by atoms with Gasteiger partial charge in [0.1, 0.15) is 11.8 Å². The molecule has 0 saturated carbocycles. The molecule has 2 N–H and O–H groups in total. The van der Waals surface area contributed by atoms with Crippen LogP contribution in [0.5, 0.6) is 5.75 Å². The molecule has 1 aliphatic heterocycles. The number of anilines is 2. The molecular formula is C26H28N8O. The maximum Gasteiger partial charge on any atom is 0.223 e. The number of fused-ring (bicyclic) bond motifs is 1. The molecule has 3 aromatic heterocycles. The minimum atomic E-state index is -0.0159. The van der Waals surface area contributed by atoms with E-state index in [-0.39, 0.29) is 6.04 Å². The quantitative estimate of drug-likeness (QED) is 0.443. The number of rotatable bonds is 6. The Kier molecular flexibility index (Phi) is 6.21. The summed E-state index contributed by atoms with van der Waals surface area (Å²) >= 11 is 0. The lowest BCUT2D eigenvalue weighted by molar-refractivity contribution is 0.414. The molecule has 1 aliphatic rings. The zero-order valence-electron chi connectivity index (χ0n) is 20.1. The Morgan fingerprint density at radius 1 is 1.11 bits per heavy atom. The van der Waals surface area contributed by atoms with Gasteiger partial charge in [-0.3, -0.25) is 4.40 Å². The number of benzene rings is 1. The fourth-order valence-electron chi connectivity index (χ4n) is 4.45. The van der Waals surface area contributed by atoms with Gasteiger partial charge in [0.05, 0.1) is 36.8 Å². The molecule has 0 aliphatic carbocycles. The van der Waals surface area contributed by atoms with Crippen molar-refractivity contribution in [2.75, 3.05) is 43.5 Å². The zero-order chi connectivity index (χ0) is 24.4. The van der Waals surface area contributed by atoms with Gasteiger partial charge in [0, 0.05) is 38.1 Å². The third kappa shape index (κ3) is 4.36. The first kappa shape index (κ1) is 22.6. The van der Waals surface area contributed by atoms with Crippen LogP contribution in [0.15, 0.2) is 48.9 Å². The second-order valence-corrected chi connectivity index (χ2v) is 8.63. The summed E-state index contributed by atoms with van der Waals surface area (Å²) in [6.07, 6.45) is 5.17. The SMILES string of the molecule is COc1c(C)ccn2c(-c3nc(N[C@@H](C)c4ccc(N5CCNCC5)cc4)ncc3C#N)cnc12. The highest BCUT2D eigenvalue weighted by Gasteiger charge is 2.18. The van der Waals surface area contributed by atoms with Gasteiger partial charge in [-0.1, -0.05) is 12.1 Å². The fraction of sp³-hybridized carbons (Fsp3) is 0.308. The van der Waals surface area contributed by atoms with E-state index in [9.17, 15) is 5.26 Å². The molecule has 0 unspecified atom stereocenters. The van der Waals surface area contributed by atoms with E-state index >= 15 is 0 Å². The highest BCUT2D eigenvalue weighted by atomic mass is 16.5. The molecule has 9 nitrogen and oxygen atoms in total. The van der Waals surface area contributed by atoms with Crippen molar-refractivity contribution in [2.24, 2.45) is 0 Å². The molecule has 0 spiro atoms. The Hall–Kier alpha value is -4.16. The first-order chi connectivity index (χ1) is 17.1. The molecule has 178 valence electrons. The van der Waals surface area contributed by atoms with Crippen molar-refractivity contribution in [1.29, 1.82) is 5.26 Å². The number of aryl methyl sites for hydroxylation is 1. The van der Waals surface area contributed by atoms with Crippen molar-refractivity contribution in [3.63, 3.8) is 0 Å². The van der Waals surface area contributed by atoms with Crippen LogP contribution in [0, 0.1) is 18.3 Å². The zero-order valence-corrected chi connectivity index (χ0v) is 20.1. The van der Waals surface area contributed by atoms with E-state index in [2.05, 4.69) is 62.8 Å². The highest BCUT2D eigenvalue weighted by molar-refractivity contribution is 5.70. The number of pyridine rings is 1. The van der Waals surface area contributed by atoms with Gasteiger partial charge < -0.3 is 20.3 Å². The monoisotopic (exact) mass is 468 g/mol. The lowest BCUT2D eigenvalue weighted by Gasteiger charge is -2.29. The molecule has 1 atom stereocenters. The van der Waals surface area contributed by atoms with E-state index in [4.69, 9.17) is 9.72 Å². The summed E-state index contributed by atoms with van der Waals surface area (Å²) in [5.74, 6) is 1.15. The summed E-state index contributed by atoms with van der Waals surface area (Å²) in [6, 6.07) is 12.7. The Morgan fingerprint density at radius 2 is 1.89 bits per heavy atom. The standard InChI is InChI=1S/C26H28N8O/c1-17-8-11-34-22(16-29-25(34)24(17)35-3)23-20(14-27)15-30-26(32-23)31-18(2)19-4-6-21(7-5-19)33-12-9-28-10-13-33/h4-8,11,15-16,18,28H,9-10,12-13H2,1-3H3,(H,30,31,32)/t18-/m0/s1. The lowest BCUT2D eigenvalue weighted by atomic mass is 10.1. The normalized spacial score (nSPS) is 14.5. The highest BCUT2D eigenvalue weighted by Crippen LogP contribution is 2.30. The number of ether oxygens (including phenoxy) is 1. The first-order valence-corrected chi connectivity index (χ1v) is 11.7. The van der Waals surface area contributed by atoms with Gasteiger partial charge >= 0.3 is 0 Å². The summed E-state index contributed by atoms with van der Waals surface area (Å²) in [5, 5.41) is 16.5. The van der Waals surface area contributed by atoms with E-state index in [0.29, 0.717) is 34.3 Å². The number of hydrogen-bond donors (Lipinski definition) is 2. The molecule has 4 aromatic rings. The molecule has 1 saturated heterocycles. The number of aromatic nitrogens is 4. The predicted octanol–water partition coefficient (Wildman–Crippen LogP) is 3.56. The number of imidazole rings is 1. The summed E-state index contributed by atoms with van der Waals surface area (Å²) in [7, 11) is 1.63. The molecule has 4 heterocycles. The minimum Gasteiger partial charge on any atom is -0.493 e. The average molecular weight is 469 g/mol. The van der Waals surface area contributed by atoms with Crippen LogP contribution in [0.25, 0.3) is 17.0 Å². The number of nitrogens with one attached hydrogen (secondary N) is 2. The van der Waals surface area contributed by atoms with Crippen molar-refractivity contribution in [3.8, 4) is 23.2 Å². The van der Waals surface area contributed by atoms with E-state index in [1.165, 1.54) is 5.69 Å². The Labute approximate surface area is 204 Å². The van der Waals surface area contributed by atoms with Gasteiger partial charge in [-0.2, -0.15) is 5.26 Å². The minimum absolute atomic E-state index is 0.0159. The van der Waals surface area contributed by atoms with Gasteiger partial charge in [-0.05, 0) is 43.2 Å². The molecule has 35 heavy (non-hydrogen) atoms. The van der Waals surface area contributed by atoms with Gasteiger partial charge in [-0.25, -0.2) is 15.0 Å². The third-order valence-corrected chi connectivity index (χ3v) is 6.41. The Balaban J connectivity index is 1.41. The van der Waals surface area contributed by atoms with Crippen molar-refractivity contribution >= 4 is 17.3 Å². The van der Waals surface area contributed by atoms with Crippen LogP contribution in [-0.2, 0) is 0 Å². The summed E-state index contributed by atoms with van der Waals surface area (Å²) in [4.78, 5) is 16.0. The van der Waals surface area contributed by atoms with Crippen LogP contribution in [0.4, 0.5) is 11.6 Å². The smallest absolute Gasteiger partial charge is 0.223 e. The van der Waals surface area contributed by atoms with Crippen LogP contribution < -0.4 is 20.3 Å². The van der Waals surface area contributed by atoms with Crippen LogP contribution in [0.2, 0.25) is 0 Å². The molecule has 5 rings (SSSR count). The first-order valence-electron chi connectivity index (χ1n) is 11.7. The number of piperazine rings is 1. The average Bonchev–Trinajstić information content (AvgIpc) is 3.33. The van der Waals surface area contributed by atoms with Crippen molar-refractivity contribution in [2.45, 2.75) is 19.9 Å². The van der Waals surface area contributed by atoms with Gasteiger partial charge in [-0.15, -0.1) is 0 Å². The number of methoxy groups -OCH3 is 1. The molecule has 9 heteroatoms. The van der Waals surface area contributed by atoms with Crippen LogP contribution in [0.1, 0.15) is 29.7 Å². The lowest BCUT2D eigenvalue weighted by Crippen LogP contribution is -2.43. The summed E-state index contributed by atoms with van der Waals surface area (Å²) in [6.45, 7) is 8.10. The third-order valence-electron chi connectivity index (χ3n) is 6.41. The van der Waals surface area contributed by atoms with Crippen molar-refractivity contribution in [3.05, 3.63) is 65.6 Å². The van der Waals surface area contributed by atoms with Gasteiger partial charge in [0.15, 0.2) is 11.4 Å². The second-order valence-electron chi connectivity index (χ2n) is 8.63. The molecule has 1 aromatic carbocycles. The van der Waals surface area contributed by atoms with E-state index in [1.54, 1.807) is 19.5 Å². The maximum atomic E-state index is 9.71. The Morgan fingerprint density at radius 3 is 2.60 bits per heavy atom. The van der Waals surface area contributed by atoms with Crippen LogP contribution in [0.3, 0.4) is 0 Å². The predicted molar refractivity (Wildman–Crippen MR) is 136 cm³/mol. The number of nitriles is 1. The van der Waals surface area contributed by atoms with Gasteiger partial charge in [0.2, 0.25) is 5.95 Å². The summed E-state index contributed by atoms with van der Waals surface area (Å²) < 4.78 is 7.42. The topological polar surface area (TPSA) is 103 Å². The van der Waals surface area contributed by atoms with E-state index < -0.39 is 0 Å². The summed E-state index contributed by atoms with van der Waals surface area (Å²) in [5.41, 5.74) is 5.63. The molecule has 1 fully saturated rings. The largest absolute Gasteiger partial charge is 0.493 e. The maximum absolute atomic E-state index is 9.71. The molecule has 0 amide bonds. The number of nitrogens with zero attached hydrogens (tertiary/aromatic N) is 6. The van der Waals surface area contributed by atoms with E-state index in [1.807, 2.05) is 23.6 Å². The van der Waals surface area contributed by atoms with Crippen molar-refractivity contribution in [1.82, 2.24) is 24.7 Å². The van der Waals surface area contributed by atoms with Crippen molar-refractivity contribution < 1.29 is 4.74 Å². The molecular weight excluding hydrogens is 440 g/mol. The van der Waals surface area contributed by atoms with Gasteiger partial charge in [0.25, 0.3) is 0 Å². The van der Waals surface area contributed by atoms with Crippen LogP contribution in [-0.4, -0.2) is 52.6 Å². The molecule has 0 radical (unpaired) electrons. The van der Waals surface area contributed by atoms with Crippen LogP contribution >= 0.6 is 0 Å². The fourth-order valence-corrected chi connectivity index (χ4v) is 4.45. The Bertz CT molecular complexity index is 1380. The second kappa shape index (κ2) is 9.60. The van der Waals surface area contributed by atoms with E-state index in [0.717, 1.165) is 37.3 Å².